The Morgan fingerprint density at radius 2 is 1.73 bits per heavy atom. The predicted molar refractivity (Wildman–Crippen MR) is 144 cm³/mol. The zero-order valence-electron chi connectivity index (χ0n) is 19.5. The Hall–Kier alpha value is -2.33. The largest absolute Gasteiger partial charge is 0.497 e. The number of amides is 1. The van der Waals surface area contributed by atoms with Gasteiger partial charge in [-0.2, -0.15) is 0 Å². The summed E-state index contributed by atoms with van der Waals surface area (Å²) in [7, 11) is 3.44. The Morgan fingerprint density at radius 3 is 2.36 bits per heavy atom. The molecule has 1 fully saturated rings. The Labute approximate surface area is 214 Å². The smallest absolute Gasteiger partial charge is 0.222 e. The molecule has 180 valence electrons. The molecule has 7 nitrogen and oxygen atoms in total. The molecule has 33 heavy (non-hydrogen) atoms. The number of ether oxygens (including phenoxy) is 1. The van der Waals surface area contributed by atoms with Crippen molar-refractivity contribution in [3.8, 4) is 5.75 Å². The van der Waals surface area contributed by atoms with Crippen LogP contribution >= 0.6 is 24.0 Å². The summed E-state index contributed by atoms with van der Waals surface area (Å²) in [4.78, 5) is 19.0. The summed E-state index contributed by atoms with van der Waals surface area (Å²) < 4.78 is 5.31. The first-order chi connectivity index (χ1) is 15.7. The number of nitrogens with one attached hydrogen (secondary N) is 3. The Bertz CT molecular complexity index is 855. The van der Waals surface area contributed by atoms with Crippen molar-refractivity contribution >= 4 is 35.8 Å². The van der Waals surface area contributed by atoms with Gasteiger partial charge in [-0.15, -0.1) is 24.0 Å². The van der Waals surface area contributed by atoms with Gasteiger partial charge in [0.15, 0.2) is 5.96 Å². The van der Waals surface area contributed by atoms with Crippen LogP contribution in [-0.4, -0.2) is 57.1 Å². The maximum Gasteiger partial charge on any atom is 0.222 e. The number of halogens is 1. The van der Waals surface area contributed by atoms with Crippen LogP contribution in [0.1, 0.15) is 36.4 Å². The average Bonchev–Trinajstić information content (AvgIpc) is 3.37. The lowest BCUT2D eigenvalue weighted by molar-refractivity contribution is -0.121. The molecular weight excluding hydrogens is 529 g/mol. The molecule has 2 aromatic carbocycles. The summed E-state index contributed by atoms with van der Waals surface area (Å²) in [6.07, 6.45) is 2.86. The molecule has 1 atom stereocenters. The maximum atomic E-state index is 12.1. The summed E-state index contributed by atoms with van der Waals surface area (Å²) in [5.41, 5.74) is 2.36. The van der Waals surface area contributed by atoms with E-state index < -0.39 is 0 Å². The lowest BCUT2D eigenvalue weighted by atomic mass is 10.1. The minimum absolute atomic E-state index is 0. The quantitative estimate of drug-likeness (QED) is 0.234. The highest BCUT2D eigenvalue weighted by atomic mass is 127. The summed E-state index contributed by atoms with van der Waals surface area (Å²) in [5.74, 6) is 1.59. The second kappa shape index (κ2) is 14.7. The van der Waals surface area contributed by atoms with Crippen molar-refractivity contribution in [2.75, 3.05) is 40.3 Å². The topological polar surface area (TPSA) is 78.0 Å². The third kappa shape index (κ3) is 8.85. The molecule has 0 saturated carbocycles. The Kier molecular flexibility index (Phi) is 12.0. The van der Waals surface area contributed by atoms with Crippen molar-refractivity contribution in [2.24, 2.45) is 4.99 Å². The lowest BCUT2D eigenvalue weighted by Crippen LogP contribution is -2.43. The summed E-state index contributed by atoms with van der Waals surface area (Å²) >= 11 is 0. The molecule has 1 aliphatic rings. The van der Waals surface area contributed by atoms with Gasteiger partial charge < -0.3 is 20.7 Å². The number of benzene rings is 2. The molecule has 3 N–H and O–H groups in total. The van der Waals surface area contributed by atoms with Crippen molar-refractivity contribution in [3.63, 3.8) is 0 Å². The third-order valence-corrected chi connectivity index (χ3v) is 5.75. The van der Waals surface area contributed by atoms with Gasteiger partial charge in [0, 0.05) is 33.1 Å². The van der Waals surface area contributed by atoms with Crippen LogP contribution in [0.15, 0.2) is 59.6 Å². The molecule has 0 radical (unpaired) electrons. The van der Waals surface area contributed by atoms with Crippen molar-refractivity contribution in [2.45, 2.75) is 31.8 Å². The maximum absolute atomic E-state index is 12.1. The van der Waals surface area contributed by atoms with Crippen LogP contribution in [-0.2, 0) is 11.3 Å². The van der Waals surface area contributed by atoms with Crippen LogP contribution in [0.5, 0.6) is 5.75 Å². The zero-order chi connectivity index (χ0) is 22.6. The molecule has 1 saturated heterocycles. The number of carbonyl (C=O) groups excluding carboxylic acids is 1. The second-order valence-electron chi connectivity index (χ2n) is 7.92. The van der Waals surface area contributed by atoms with E-state index in [4.69, 9.17) is 4.74 Å². The van der Waals surface area contributed by atoms with Crippen LogP contribution in [0.4, 0.5) is 0 Å². The summed E-state index contributed by atoms with van der Waals surface area (Å²) in [6.45, 7) is 4.02. The minimum Gasteiger partial charge on any atom is -0.497 e. The van der Waals surface area contributed by atoms with Gasteiger partial charge in [-0.3, -0.25) is 14.7 Å². The molecule has 1 heterocycles. The van der Waals surface area contributed by atoms with E-state index in [1.165, 1.54) is 18.4 Å². The van der Waals surface area contributed by atoms with Gasteiger partial charge in [0.25, 0.3) is 0 Å². The van der Waals surface area contributed by atoms with Crippen LogP contribution in [0.25, 0.3) is 0 Å². The number of carbonyl (C=O) groups is 1. The Balaban J connectivity index is 0.00000385. The molecule has 2 aromatic rings. The van der Waals surface area contributed by atoms with E-state index in [0.29, 0.717) is 25.5 Å². The normalized spacial score (nSPS) is 14.8. The fourth-order valence-corrected chi connectivity index (χ4v) is 3.93. The molecule has 1 amide bonds. The van der Waals surface area contributed by atoms with E-state index >= 15 is 0 Å². The molecule has 0 spiro atoms. The van der Waals surface area contributed by atoms with Gasteiger partial charge in [0.1, 0.15) is 5.75 Å². The highest BCUT2D eigenvalue weighted by Gasteiger charge is 2.23. The van der Waals surface area contributed by atoms with Gasteiger partial charge in [0.05, 0.1) is 13.2 Å². The third-order valence-electron chi connectivity index (χ3n) is 5.75. The van der Waals surface area contributed by atoms with E-state index in [1.54, 1.807) is 14.2 Å². The highest BCUT2D eigenvalue weighted by molar-refractivity contribution is 14.0. The number of guanidine groups is 1. The van der Waals surface area contributed by atoms with Gasteiger partial charge in [-0.1, -0.05) is 42.5 Å². The van der Waals surface area contributed by atoms with E-state index in [0.717, 1.165) is 30.9 Å². The summed E-state index contributed by atoms with van der Waals surface area (Å²) in [5, 5.41) is 9.65. The predicted octanol–water partition coefficient (Wildman–Crippen LogP) is 3.32. The van der Waals surface area contributed by atoms with E-state index in [2.05, 4.69) is 38.0 Å². The fraction of sp³-hybridized carbons (Fsp3) is 0.440. The number of hydrogen-bond donors (Lipinski definition) is 3. The first kappa shape index (κ1) is 26.9. The van der Waals surface area contributed by atoms with Gasteiger partial charge in [0.2, 0.25) is 5.91 Å². The number of hydrogen-bond acceptors (Lipinski definition) is 4. The fourth-order valence-electron chi connectivity index (χ4n) is 3.93. The van der Waals surface area contributed by atoms with Crippen LogP contribution < -0.4 is 20.7 Å². The molecular formula is C25H36IN5O2. The van der Waals surface area contributed by atoms with Gasteiger partial charge in [-0.25, -0.2) is 0 Å². The van der Waals surface area contributed by atoms with Crippen LogP contribution in [0, 0.1) is 0 Å². The average molecular weight is 566 g/mol. The van der Waals surface area contributed by atoms with E-state index in [9.17, 15) is 4.79 Å². The molecule has 0 aliphatic carbocycles. The van der Waals surface area contributed by atoms with E-state index in [1.807, 2.05) is 42.5 Å². The van der Waals surface area contributed by atoms with Crippen molar-refractivity contribution in [3.05, 3.63) is 65.7 Å². The van der Waals surface area contributed by atoms with Crippen molar-refractivity contribution < 1.29 is 9.53 Å². The second-order valence-corrected chi connectivity index (χ2v) is 7.92. The van der Waals surface area contributed by atoms with E-state index in [-0.39, 0.29) is 35.9 Å². The van der Waals surface area contributed by atoms with Crippen molar-refractivity contribution in [1.82, 2.24) is 20.9 Å². The monoisotopic (exact) mass is 565 g/mol. The number of aliphatic imine (C=N–C) groups is 1. The molecule has 0 aromatic heterocycles. The lowest BCUT2D eigenvalue weighted by Gasteiger charge is -2.29. The molecule has 3 rings (SSSR count). The van der Waals surface area contributed by atoms with Gasteiger partial charge >= 0.3 is 0 Å². The highest BCUT2D eigenvalue weighted by Crippen LogP contribution is 2.26. The summed E-state index contributed by atoms with van der Waals surface area (Å²) in [6, 6.07) is 18.5. The molecule has 8 heteroatoms. The zero-order valence-corrected chi connectivity index (χ0v) is 21.9. The molecule has 1 unspecified atom stereocenters. The molecule has 0 bridgehead atoms. The number of nitrogens with zero attached hydrogens (tertiary/aromatic N) is 2. The van der Waals surface area contributed by atoms with Crippen molar-refractivity contribution in [1.29, 1.82) is 0 Å². The van der Waals surface area contributed by atoms with Crippen LogP contribution in [0.2, 0.25) is 0 Å². The Morgan fingerprint density at radius 1 is 1.03 bits per heavy atom. The first-order valence-corrected chi connectivity index (χ1v) is 11.3. The molecule has 1 aliphatic heterocycles. The number of likely N-dealkylation sites (tertiary alicyclic amines) is 1. The number of methoxy groups -OCH3 is 1. The number of rotatable bonds is 10. The van der Waals surface area contributed by atoms with Gasteiger partial charge in [-0.05, 0) is 49.2 Å². The SMILES string of the molecule is CN=C(NCCC(=O)NCc1ccccc1)NCC(c1ccc(OC)cc1)N1CCCC1.I. The van der Waals surface area contributed by atoms with Crippen LogP contribution in [0.3, 0.4) is 0 Å². The standard InChI is InChI=1S/C25H35N5O2.HI/c1-26-25(27-15-14-24(31)28-18-20-8-4-3-5-9-20)29-19-23(30-16-6-7-17-30)21-10-12-22(32-2)13-11-21;/h3-5,8-13,23H,6-7,14-19H2,1-2H3,(H,28,31)(H2,26,27,29);1H. The minimum atomic E-state index is 0. The first-order valence-electron chi connectivity index (χ1n) is 11.3.